The molecule has 1 aliphatic carbocycles. The quantitative estimate of drug-likeness (QED) is 0.186. The molecular weight excluding hydrogens is 511 g/mol. The molecule has 0 aliphatic heterocycles. The van der Waals surface area contributed by atoms with Gasteiger partial charge in [0.1, 0.15) is 28.6 Å². The summed E-state index contributed by atoms with van der Waals surface area (Å²) in [5.41, 5.74) is 2.44. The number of carbonyl (C=O) groups excluding carboxylic acids is 1. The molecule has 36 heavy (non-hydrogen) atoms. The maximum Gasteiger partial charge on any atom is 0.133 e. The van der Waals surface area contributed by atoms with Crippen LogP contribution in [0.3, 0.4) is 0 Å². The maximum absolute atomic E-state index is 10.9. The topological polar surface area (TPSA) is 164 Å². The Labute approximate surface area is 224 Å². The molecule has 0 amide bonds. The van der Waals surface area contributed by atoms with Crippen LogP contribution in [0.4, 0.5) is 5.69 Å². The maximum atomic E-state index is 10.9. The molecule has 0 fully saturated rings. The second-order valence-electron chi connectivity index (χ2n) is 7.89. The van der Waals surface area contributed by atoms with Crippen LogP contribution in [0.25, 0.3) is 0 Å². The first kappa shape index (κ1) is 37.3. The number of rotatable bonds is 4. The molecule has 1 aliphatic rings. The number of carbonyl (C=O) groups is 1. The number of anilines is 1. The number of allylic oxidation sites excluding steroid dienone is 2. The van der Waals surface area contributed by atoms with Gasteiger partial charge in [-0.2, -0.15) is 5.92 Å². The average Bonchev–Trinajstić information content (AvgIpc) is 2.88. The molecule has 0 spiro atoms. The van der Waals surface area contributed by atoms with Gasteiger partial charge in [-0.1, -0.05) is 40.4 Å². The van der Waals surface area contributed by atoms with Crippen LogP contribution in [-0.4, -0.2) is 68.5 Å². The summed E-state index contributed by atoms with van der Waals surface area (Å²) in [6, 6.07) is 3.94. The molecule has 2 atom stereocenters. The van der Waals surface area contributed by atoms with Crippen molar-refractivity contribution in [2.45, 2.75) is 54.4 Å². The number of hydrogen-bond acceptors (Lipinski definition) is 11. The fourth-order valence-corrected chi connectivity index (χ4v) is 2.27. The Kier molecular flexibility index (Phi) is 23.0. The average molecular weight is 551 g/mol. The van der Waals surface area contributed by atoms with E-state index in [2.05, 4.69) is 38.6 Å². The third kappa shape index (κ3) is 18.1. The zero-order chi connectivity index (χ0) is 27.4. The minimum atomic E-state index is 0. The summed E-state index contributed by atoms with van der Waals surface area (Å²) in [6.07, 6.45) is 10.7. The molecule has 12 heteroatoms. The molecule has 4 N–H and O–H groups in total. The van der Waals surface area contributed by atoms with Crippen LogP contribution in [0, 0.1) is 17.9 Å². The van der Waals surface area contributed by atoms with Gasteiger partial charge in [-0.15, -0.1) is 0 Å². The van der Waals surface area contributed by atoms with Crippen molar-refractivity contribution in [2.75, 3.05) is 19.0 Å². The van der Waals surface area contributed by atoms with E-state index in [0.717, 1.165) is 12.8 Å². The fourth-order valence-electron chi connectivity index (χ4n) is 2.27. The van der Waals surface area contributed by atoms with Gasteiger partial charge in [0.2, 0.25) is 0 Å². The Morgan fingerprint density at radius 1 is 0.889 bits per heavy atom. The van der Waals surface area contributed by atoms with Gasteiger partial charge in [-0.05, 0) is 46.8 Å². The van der Waals surface area contributed by atoms with E-state index >= 15 is 0 Å². The molecule has 0 saturated carbocycles. The van der Waals surface area contributed by atoms with E-state index in [1.165, 1.54) is 33.4 Å². The number of oxime groups is 4. The van der Waals surface area contributed by atoms with Crippen molar-refractivity contribution in [1.29, 1.82) is 0 Å². The van der Waals surface area contributed by atoms with Gasteiger partial charge in [0, 0.05) is 54.9 Å². The van der Waals surface area contributed by atoms with E-state index < -0.39 is 0 Å². The van der Waals surface area contributed by atoms with Crippen molar-refractivity contribution in [3.05, 3.63) is 36.7 Å². The van der Waals surface area contributed by atoms with Crippen LogP contribution in [0.15, 0.2) is 51.2 Å². The first-order valence-electron chi connectivity index (χ1n) is 10.9. The van der Waals surface area contributed by atoms with Gasteiger partial charge in [0.25, 0.3) is 0 Å². The molecule has 0 unspecified atom stereocenters. The van der Waals surface area contributed by atoms with E-state index in [1.807, 2.05) is 37.2 Å². The molecule has 1 aromatic rings. The van der Waals surface area contributed by atoms with Crippen molar-refractivity contribution in [1.82, 2.24) is 4.98 Å². The normalized spacial score (nSPS) is 17.6. The van der Waals surface area contributed by atoms with Gasteiger partial charge in [-0.25, -0.2) is 0 Å². The summed E-state index contributed by atoms with van der Waals surface area (Å²) in [6.45, 7) is 9.93. The predicted molar refractivity (Wildman–Crippen MR) is 139 cm³/mol. The van der Waals surface area contributed by atoms with E-state index in [1.54, 1.807) is 19.3 Å². The van der Waals surface area contributed by atoms with Crippen LogP contribution in [0.5, 0.6) is 0 Å². The van der Waals surface area contributed by atoms with Gasteiger partial charge in [0.05, 0.1) is 0 Å². The Hall–Kier alpha value is -3.25. The Morgan fingerprint density at radius 2 is 1.28 bits per heavy atom. The summed E-state index contributed by atoms with van der Waals surface area (Å²) >= 11 is 0. The molecule has 0 bridgehead atoms. The molecule has 2 rings (SSSR count). The fraction of sp³-hybridized carbons (Fsp3) is 0.500. The zero-order valence-electron chi connectivity index (χ0n) is 22.2. The molecule has 205 valence electrons. The summed E-state index contributed by atoms with van der Waals surface area (Å²) < 4.78 is 0. The van der Waals surface area contributed by atoms with E-state index in [9.17, 15) is 4.79 Å². The number of aromatic nitrogens is 1. The van der Waals surface area contributed by atoms with Crippen LogP contribution in [-0.2, 0) is 21.6 Å². The van der Waals surface area contributed by atoms with Gasteiger partial charge >= 0.3 is 0 Å². The SMILES string of the molecule is CC(=N/O)/C(C)=N/O.CC(=N/O)/C(C)=N/O.CC(=O)[C@H]1CC=[C-][C@H](C)C1.CN(C)c1ccncc1.[Co]. The van der Waals surface area contributed by atoms with Crippen molar-refractivity contribution in [2.24, 2.45) is 32.5 Å². The van der Waals surface area contributed by atoms with Crippen molar-refractivity contribution in [3.63, 3.8) is 0 Å². The second kappa shape index (κ2) is 22.2. The van der Waals surface area contributed by atoms with Crippen molar-refractivity contribution < 1.29 is 42.4 Å². The number of ketones is 1. The minimum Gasteiger partial charge on any atom is -0.498 e. The summed E-state index contributed by atoms with van der Waals surface area (Å²) in [7, 11) is 4.02. The summed E-state index contributed by atoms with van der Waals surface area (Å²) in [5, 5.41) is 43.3. The number of pyridine rings is 1. The third-order valence-electron chi connectivity index (χ3n) is 4.84. The molecule has 1 heterocycles. The Morgan fingerprint density at radius 3 is 1.50 bits per heavy atom. The Balaban J connectivity index is -0.000000402. The molecule has 1 aromatic heterocycles. The van der Waals surface area contributed by atoms with E-state index in [0.29, 0.717) is 34.5 Å². The van der Waals surface area contributed by atoms with Crippen LogP contribution in [0.2, 0.25) is 0 Å². The molecular formula is C24H39CoN6O5-. The summed E-state index contributed by atoms with van der Waals surface area (Å²) in [4.78, 5) is 16.8. The van der Waals surface area contributed by atoms with Crippen molar-refractivity contribution >= 4 is 34.3 Å². The van der Waals surface area contributed by atoms with E-state index in [4.69, 9.17) is 20.8 Å². The molecule has 0 saturated heterocycles. The van der Waals surface area contributed by atoms with Crippen LogP contribution < -0.4 is 4.90 Å². The Bertz CT molecular complexity index is 822. The van der Waals surface area contributed by atoms with E-state index in [-0.39, 0.29) is 22.7 Å². The minimum absolute atomic E-state index is 0. The zero-order valence-corrected chi connectivity index (χ0v) is 23.2. The monoisotopic (exact) mass is 550 g/mol. The standard InChI is InChI=1S/C9H13O.C7H10N2.2C4H8N2O2.Co/c1-7-4-3-5-9(6-7)8(2)10;1-9(2)7-3-5-8-6-4-7;2*1-3(5-7)4(2)6-8;/h3,7,9H,5-6H2,1-2H3;3-6H,1-2H3;2*7-8H,1-2H3;/q-1;;;;/b;;2*5-3-,6-4+;/t7-,9-;;;;/m0..../s1. The van der Waals surface area contributed by atoms with Gasteiger partial charge in [-0.3, -0.25) is 15.9 Å². The van der Waals surface area contributed by atoms with Gasteiger partial charge < -0.3 is 31.8 Å². The second-order valence-corrected chi connectivity index (χ2v) is 7.89. The predicted octanol–water partition coefficient (Wildman–Crippen LogP) is 4.50. The first-order chi connectivity index (χ1) is 16.4. The first-order valence-corrected chi connectivity index (χ1v) is 10.9. The molecule has 0 aromatic carbocycles. The number of hydrogen-bond donors (Lipinski definition) is 4. The van der Waals surface area contributed by atoms with Crippen LogP contribution >= 0.6 is 0 Å². The van der Waals surface area contributed by atoms with Crippen LogP contribution in [0.1, 0.15) is 54.4 Å². The number of Topliss-reactive ketones (excluding diaryl/α,β-unsaturated/α-hetero) is 1. The van der Waals surface area contributed by atoms with Crippen molar-refractivity contribution in [3.8, 4) is 0 Å². The third-order valence-corrected chi connectivity index (χ3v) is 4.84. The molecule has 11 nitrogen and oxygen atoms in total. The largest absolute Gasteiger partial charge is 0.498 e. The summed E-state index contributed by atoms with van der Waals surface area (Å²) in [5.74, 6) is 1.07. The van der Waals surface area contributed by atoms with Gasteiger partial charge in [0.15, 0.2) is 0 Å². The molecule has 1 radical (unpaired) electrons. The smallest absolute Gasteiger partial charge is 0.133 e. The number of nitrogens with zero attached hydrogens (tertiary/aromatic N) is 6.